The van der Waals surface area contributed by atoms with Crippen LogP contribution in [0.5, 0.6) is 5.75 Å². The van der Waals surface area contributed by atoms with Crippen molar-refractivity contribution in [1.82, 2.24) is 5.32 Å². The van der Waals surface area contributed by atoms with Crippen molar-refractivity contribution in [2.45, 2.75) is 19.0 Å². The maximum atomic E-state index is 12.6. The van der Waals surface area contributed by atoms with Crippen molar-refractivity contribution in [1.29, 1.82) is 0 Å². The van der Waals surface area contributed by atoms with Crippen LogP contribution in [0.25, 0.3) is 0 Å². The molecule has 2 nitrogen and oxygen atoms in total. The number of methoxy groups -OCH3 is 1. The van der Waals surface area contributed by atoms with Gasteiger partial charge in [-0.25, -0.2) is 0 Å². The van der Waals surface area contributed by atoms with E-state index in [0.29, 0.717) is 11.7 Å². The molecule has 0 amide bonds. The van der Waals surface area contributed by atoms with Crippen LogP contribution in [0.3, 0.4) is 0 Å². The van der Waals surface area contributed by atoms with E-state index in [1.54, 1.807) is 0 Å². The lowest BCUT2D eigenvalue weighted by atomic mass is 9.97. The Balaban J connectivity index is 2.20. The molecule has 1 unspecified atom stereocenters. The normalized spacial score (nSPS) is 20.1. The molecule has 2 rings (SSSR count). The first kappa shape index (κ1) is 13.2. The minimum atomic E-state index is -4.32. The monoisotopic (exact) mass is 259 g/mol. The van der Waals surface area contributed by atoms with E-state index in [1.165, 1.54) is 13.2 Å². The van der Waals surface area contributed by atoms with Crippen LogP contribution in [-0.4, -0.2) is 20.2 Å². The molecule has 1 N–H and O–H groups in total. The van der Waals surface area contributed by atoms with E-state index in [-0.39, 0.29) is 0 Å². The minimum Gasteiger partial charge on any atom is -0.496 e. The maximum Gasteiger partial charge on any atom is 0.416 e. The molecule has 0 saturated carbocycles. The largest absolute Gasteiger partial charge is 0.496 e. The third-order valence-electron chi connectivity index (χ3n) is 3.29. The minimum absolute atomic E-state index is 0.330. The smallest absolute Gasteiger partial charge is 0.416 e. The second kappa shape index (κ2) is 5.18. The summed E-state index contributed by atoms with van der Waals surface area (Å²) in [5.74, 6) is 0.812. The molecule has 1 aliphatic rings. The van der Waals surface area contributed by atoms with Crippen LogP contribution in [0, 0.1) is 5.92 Å². The number of hydrogen-bond donors (Lipinski definition) is 1. The van der Waals surface area contributed by atoms with Gasteiger partial charge in [-0.05, 0) is 49.5 Å². The van der Waals surface area contributed by atoms with Gasteiger partial charge in [-0.2, -0.15) is 13.2 Å². The van der Waals surface area contributed by atoms with Crippen LogP contribution in [0.2, 0.25) is 0 Å². The molecule has 1 aliphatic heterocycles. The summed E-state index contributed by atoms with van der Waals surface area (Å²) in [6.45, 7) is 1.90. The van der Waals surface area contributed by atoms with Gasteiger partial charge in [-0.1, -0.05) is 6.07 Å². The van der Waals surface area contributed by atoms with E-state index in [0.717, 1.165) is 43.6 Å². The van der Waals surface area contributed by atoms with Crippen LogP contribution in [0.15, 0.2) is 18.2 Å². The molecule has 0 bridgehead atoms. The number of ether oxygens (including phenoxy) is 1. The predicted molar refractivity (Wildman–Crippen MR) is 62.7 cm³/mol. The predicted octanol–water partition coefficient (Wildman–Crippen LogP) is 2.87. The van der Waals surface area contributed by atoms with Crippen molar-refractivity contribution in [3.8, 4) is 5.75 Å². The molecule has 1 heterocycles. The van der Waals surface area contributed by atoms with E-state index in [1.807, 2.05) is 0 Å². The lowest BCUT2D eigenvalue weighted by molar-refractivity contribution is -0.137. The average Bonchev–Trinajstić information content (AvgIpc) is 2.81. The highest BCUT2D eigenvalue weighted by molar-refractivity contribution is 5.39. The molecule has 1 atom stereocenters. The molecule has 1 saturated heterocycles. The van der Waals surface area contributed by atoms with Gasteiger partial charge in [0.2, 0.25) is 0 Å². The molecule has 1 fully saturated rings. The first-order valence-corrected chi connectivity index (χ1v) is 5.95. The Morgan fingerprint density at radius 2 is 2.17 bits per heavy atom. The Morgan fingerprint density at radius 1 is 1.39 bits per heavy atom. The van der Waals surface area contributed by atoms with E-state index < -0.39 is 11.7 Å². The third kappa shape index (κ3) is 2.96. The number of rotatable bonds is 3. The molecule has 0 radical (unpaired) electrons. The van der Waals surface area contributed by atoms with E-state index in [9.17, 15) is 13.2 Å². The fourth-order valence-electron chi connectivity index (χ4n) is 2.29. The van der Waals surface area contributed by atoms with Crippen molar-refractivity contribution < 1.29 is 17.9 Å². The number of halogens is 3. The fourth-order valence-corrected chi connectivity index (χ4v) is 2.29. The van der Waals surface area contributed by atoms with Crippen LogP contribution >= 0.6 is 0 Å². The van der Waals surface area contributed by atoms with Gasteiger partial charge >= 0.3 is 6.18 Å². The maximum absolute atomic E-state index is 12.6. The summed E-state index contributed by atoms with van der Waals surface area (Å²) in [4.78, 5) is 0. The molecule has 18 heavy (non-hydrogen) atoms. The second-order valence-electron chi connectivity index (χ2n) is 4.59. The van der Waals surface area contributed by atoms with Crippen molar-refractivity contribution in [3.63, 3.8) is 0 Å². The molecular formula is C13H16F3NO. The SMILES string of the molecule is COc1cc(C(F)(F)F)ccc1CC1CCNC1. The second-order valence-corrected chi connectivity index (χ2v) is 4.59. The van der Waals surface area contributed by atoms with Crippen molar-refractivity contribution in [2.75, 3.05) is 20.2 Å². The Bertz CT molecular complexity index is 411. The zero-order chi connectivity index (χ0) is 13.2. The van der Waals surface area contributed by atoms with Crippen LogP contribution in [0.1, 0.15) is 17.5 Å². The van der Waals surface area contributed by atoms with Gasteiger partial charge in [0, 0.05) is 0 Å². The number of benzene rings is 1. The zero-order valence-corrected chi connectivity index (χ0v) is 10.2. The number of nitrogens with one attached hydrogen (secondary N) is 1. The van der Waals surface area contributed by atoms with Gasteiger partial charge in [0.05, 0.1) is 12.7 Å². The van der Waals surface area contributed by atoms with Crippen LogP contribution in [0.4, 0.5) is 13.2 Å². The van der Waals surface area contributed by atoms with Gasteiger partial charge in [-0.3, -0.25) is 0 Å². The molecule has 1 aromatic carbocycles. The van der Waals surface area contributed by atoms with E-state index in [4.69, 9.17) is 4.74 Å². The molecule has 100 valence electrons. The summed E-state index contributed by atoms with van der Waals surface area (Å²) in [5, 5.41) is 3.24. The quantitative estimate of drug-likeness (QED) is 0.901. The molecule has 0 spiro atoms. The molecule has 1 aromatic rings. The summed E-state index contributed by atoms with van der Waals surface area (Å²) in [6, 6.07) is 3.73. The first-order valence-electron chi connectivity index (χ1n) is 5.95. The van der Waals surface area contributed by atoms with Gasteiger partial charge in [-0.15, -0.1) is 0 Å². The van der Waals surface area contributed by atoms with Crippen LogP contribution < -0.4 is 10.1 Å². The standard InChI is InChI=1S/C13H16F3NO/c1-18-12-7-11(13(14,15)16)3-2-10(12)6-9-4-5-17-8-9/h2-3,7,9,17H,4-6,8H2,1H3. The van der Waals surface area contributed by atoms with E-state index in [2.05, 4.69) is 5.32 Å². The Kier molecular flexibility index (Phi) is 3.80. The van der Waals surface area contributed by atoms with Crippen molar-refractivity contribution in [2.24, 2.45) is 5.92 Å². The van der Waals surface area contributed by atoms with Crippen molar-refractivity contribution >= 4 is 0 Å². The summed E-state index contributed by atoms with van der Waals surface area (Å²) >= 11 is 0. The molecule has 0 aromatic heterocycles. The third-order valence-corrected chi connectivity index (χ3v) is 3.29. The first-order chi connectivity index (χ1) is 8.50. The van der Waals surface area contributed by atoms with Gasteiger partial charge < -0.3 is 10.1 Å². The lowest BCUT2D eigenvalue weighted by Gasteiger charge is -2.15. The Hall–Kier alpha value is -1.23. The van der Waals surface area contributed by atoms with E-state index >= 15 is 0 Å². The summed E-state index contributed by atoms with van der Waals surface area (Å²) in [5.41, 5.74) is 0.187. The lowest BCUT2D eigenvalue weighted by Crippen LogP contribution is -2.12. The average molecular weight is 259 g/mol. The zero-order valence-electron chi connectivity index (χ0n) is 10.2. The molecular weight excluding hydrogens is 243 g/mol. The fraction of sp³-hybridized carbons (Fsp3) is 0.538. The molecule has 5 heteroatoms. The van der Waals surface area contributed by atoms with Crippen molar-refractivity contribution in [3.05, 3.63) is 29.3 Å². The highest BCUT2D eigenvalue weighted by Gasteiger charge is 2.31. The molecule has 0 aliphatic carbocycles. The topological polar surface area (TPSA) is 21.3 Å². The van der Waals surface area contributed by atoms with Gasteiger partial charge in [0.15, 0.2) is 0 Å². The number of hydrogen-bond acceptors (Lipinski definition) is 2. The summed E-state index contributed by atoms with van der Waals surface area (Å²) in [6.07, 6.45) is -2.50. The highest BCUT2D eigenvalue weighted by Crippen LogP contribution is 2.34. The summed E-state index contributed by atoms with van der Waals surface area (Å²) in [7, 11) is 1.41. The van der Waals surface area contributed by atoms with Gasteiger partial charge in [0.25, 0.3) is 0 Å². The summed E-state index contributed by atoms with van der Waals surface area (Å²) < 4.78 is 42.8. The number of alkyl halides is 3. The van der Waals surface area contributed by atoms with Gasteiger partial charge in [0.1, 0.15) is 5.75 Å². The Morgan fingerprint density at radius 3 is 2.72 bits per heavy atom. The van der Waals surface area contributed by atoms with Crippen LogP contribution in [-0.2, 0) is 12.6 Å². The highest BCUT2D eigenvalue weighted by atomic mass is 19.4. The Labute approximate surface area is 104 Å².